The second kappa shape index (κ2) is 9.96. The van der Waals surface area contributed by atoms with Crippen LogP contribution < -0.4 is 4.74 Å². The minimum absolute atomic E-state index is 0.0342. The van der Waals surface area contributed by atoms with Crippen LogP contribution in [0.25, 0.3) is 5.57 Å². The summed E-state index contributed by atoms with van der Waals surface area (Å²) >= 11 is 0. The van der Waals surface area contributed by atoms with Gasteiger partial charge in [0, 0.05) is 55.0 Å². The maximum atomic E-state index is 13.0. The summed E-state index contributed by atoms with van der Waals surface area (Å²) < 4.78 is 6.31. The number of piperidine rings is 1. The Bertz CT molecular complexity index is 1270. The molecule has 5 heteroatoms. The lowest BCUT2D eigenvalue weighted by Gasteiger charge is -2.32. The molecular weight excluding hydrogens is 436 g/mol. The molecule has 0 spiro atoms. The average molecular weight is 469 g/mol. The van der Waals surface area contributed by atoms with Gasteiger partial charge in [0.2, 0.25) is 0 Å². The van der Waals surface area contributed by atoms with Crippen molar-refractivity contribution in [1.82, 2.24) is 9.80 Å². The molecule has 2 aliphatic heterocycles. The molecule has 0 unspecified atom stereocenters. The summed E-state index contributed by atoms with van der Waals surface area (Å²) in [5, 5.41) is 10.2. The summed E-state index contributed by atoms with van der Waals surface area (Å²) in [7, 11) is 0. The normalized spacial score (nSPS) is 15.3. The Morgan fingerprint density at radius 3 is 2.34 bits per heavy atom. The third kappa shape index (κ3) is 4.56. The molecule has 1 fully saturated rings. The highest BCUT2D eigenvalue weighted by Gasteiger charge is 2.28. The zero-order valence-electron chi connectivity index (χ0n) is 20.5. The number of nitrogens with zero attached hydrogens (tertiary/aromatic N) is 2. The SMILES string of the molecule is CCN(CC)C(=O)c1ccc2c(c1)Oc1ccccc1C2=C1CCN(Cc2ccccc2O)CC1. The molecular formula is C30H32N2O3. The Kier molecular flexibility index (Phi) is 6.60. The van der Waals surface area contributed by atoms with E-state index in [0.717, 1.165) is 60.7 Å². The van der Waals surface area contributed by atoms with Gasteiger partial charge in [-0.25, -0.2) is 0 Å². The summed E-state index contributed by atoms with van der Waals surface area (Å²) in [4.78, 5) is 17.2. The largest absolute Gasteiger partial charge is 0.508 e. The van der Waals surface area contributed by atoms with Crippen molar-refractivity contribution in [2.45, 2.75) is 33.2 Å². The molecule has 0 radical (unpaired) electrons. The minimum Gasteiger partial charge on any atom is -0.508 e. The number of hydrogen-bond acceptors (Lipinski definition) is 4. The van der Waals surface area contributed by atoms with E-state index in [4.69, 9.17) is 4.74 Å². The van der Waals surface area contributed by atoms with E-state index >= 15 is 0 Å². The van der Waals surface area contributed by atoms with Crippen LogP contribution in [-0.4, -0.2) is 47.0 Å². The van der Waals surface area contributed by atoms with Gasteiger partial charge in [-0.15, -0.1) is 0 Å². The highest BCUT2D eigenvalue weighted by molar-refractivity contribution is 5.97. The van der Waals surface area contributed by atoms with Crippen LogP contribution >= 0.6 is 0 Å². The average Bonchev–Trinajstić information content (AvgIpc) is 2.89. The van der Waals surface area contributed by atoms with Crippen molar-refractivity contribution in [3.05, 3.63) is 94.6 Å². The third-order valence-corrected chi connectivity index (χ3v) is 7.12. The maximum absolute atomic E-state index is 13.0. The summed E-state index contributed by atoms with van der Waals surface area (Å²) in [5.74, 6) is 1.98. The van der Waals surface area contributed by atoms with Gasteiger partial charge in [-0.2, -0.15) is 0 Å². The van der Waals surface area contributed by atoms with Crippen molar-refractivity contribution in [2.24, 2.45) is 0 Å². The van der Waals surface area contributed by atoms with Crippen molar-refractivity contribution >= 4 is 11.5 Å². The van der Waals surface area contributed by atoms with Crippen molar-refractivity contribution in [3.63, 3.8) is 0 Å². The van der Waals surface area contributed by atoms with Gasteiger partial charge in [0.1, 0.15) is 17.2 Å². The van der Waals surface area contributed by atoms with Crippen molar-refractivity contribution < 1.29 is 14.6 Å². The molecule has 1 saturated heterocycles. The highest BCUT2D eigenvalue weighted by atomic mass is 16.5. The molecule has 3 aromatic rings. The Labute approximate surface area is 207 Å². The van der Waals surface area contributed by atoms with E-state index in [1.54, 1.807) is 6.07 Å². The Morgan fingerprint density at radius 2 is 1.60 bits per heavy atom. The molecule has 0 saturated carbocycles. The Hall–Kier alpha value is -3.57. The van der Waals surface area contributed by atoms with E-state index in [9.17, 15) is 9.90 Å². The standard InChI is InChI=1S/C30H32N2O3/c1-3-32(4-2)30(34)22-13-14-25-28(19-22)35-27-12-8-6-10-24(27)29(25)21-15-17-31(18-16-21)20-23-9-5-7-11-26(23)33/h5-14,19,33H,3-4,15-18,20H2,1-2H3. The molecule has 2 heterocycles. The number of ether oxygens (including phenoxy) is 1. The van der Waals surface area contributed by atoms with Crippen LogP contribution in [0.5, 0.6) is 17.2 Å². The van der Waals surface area contributed by atoms with Gasteiger partial charge in [0.15, 0.2) is 0 Å². The van der Waals surface area contributed by atoms with Crippen LogP contribution in [0.1, 0.15) is 53.7 Å². The number of amides is 1. The zero-order chi connectivity index (χ0) is 24.4. The third-order valence-electron chi connectivity index (χ3n) is 7.12. The Morgan fingerprint density at radius 1 is 0.914 bits per heavy atom. The number of benzene rings is 3. The molecule has 0 atom stereocenters. The summed E-state index contributed by atoms with van der Waals surface area (Å²) in [6.07, 6.45) is 1.91. The predicted octanol–water partition coefficient (Wildman–Crippen LogP) is 6.08. The van der Waals surface area contributed by atoms with E-state index in [-0.39, 0.29) is 5.91 Å². The van der Waals surface area contributed by atoms with Crippen LogP contribution in [0.3, 0.4) is 0 Å². The van der Waals surface area contributed by atoms with E-state index < -0.39 is 0 Å². The van der Waals surface area contributed by atoms with E-state index in [1.807, 2.05) is 61.2 Å². The van der Waals surface area contributed by atoms with E-state index in [0.29, 0.717) is 24.4 Å². The molecule has 0 aromatic heterocycles. The second-order valence-electron chi connectivity index (χ2n) is 9.17. The lowest BCUT2D eigenvalue weighted by atomic mass is 9.85. The number of carbonyl (C=O) groups is 1. The van der Waals surface area contributed by atoms with Crippen LogP contribution in [0.15, 0.2) is 72.3 Å². The first-order valence-electron chi connectivity index (χ1n) is 12.5. The number of aromatic hydroxyl groups is 1. The number of carbonyl (C=O) groups excluding carboxylic acids is 1. The van der Waals surface area contributed by atoms with Gasteiger partial charge in [-0.3, -0.25) is 9.69 Å². The zero-order valence-corrected chi connectivity index (χ0v) is 20.5. The molecule has 3 aromatic carbocycles. The molecule has 0 aliphatic carbocycles. The number of hydrogen-bond donors (Lipinski definition) is 1. The van der Waals surface area contributed by atoms with Crippen LogP contribution in [0.4, 0.5) is 0 Å². The number of phenolic OH excluding ortho intramolecular Hbond substituents is 1. The summed E-state index contributed by atoms with van der Waals surface area (Å²) in [5.41, 5.74) is 6.46. The van der Waals surface area contributed by atoms with Gasteiger partial charge in [-0.1, -0.05) is 42.0 Å². The topological polar surface area (TPSA) is 53.0 Å². The van der Waals surface area contributed by atoms with E-state index in [1.165, 1.54) is 11.1 Å². The molecule has 35 heavy (non-hydrogen) atoms. The summed E-state index contributed by atoms with van der Waals surface area (Å²) in [6, 6.07) is 21.6. The molecule has 5 nitrogen and oxygen atoms in total. The number of para-hydroxylation sites is 2. The molecule has 0 bridgehead atoms. The van der Waals surface area contributed by atoms with Crippen molar-refractivity contribution in [2.75, 3.05) is 26.2 Å². The van der Waals surface area contributed by atoms with Crippen LogP contribution in [0.2, 0.25) is 0 Å². The fraction of sp³-hybridized carbons (Fsp3) is 0.300. The van der Waals surface area contributed by atoms with Gasteiger partial charge < -0.3 is 14.7 Å². The number of rotatable bonds is 5. The second-order valence-corrected chi connectivity index (χ2v) is 9.17. The van der Waals surface area contributed by atoms with Gasteiger partial charge in [0.05, 0.1) is 0 Å². The van der Waals surface area contributed by atoms with Gasteiger partial charge in [-0.05, 0) is 62.6 Å². The fourth-order valence-corrected chi connectivity index (χ4v) is 5.16. The highest BCUT2D eigenvalue weighted by Crippen LogP contribution is 2.46. The van der Waals surface area contributed by atoms with Gasteiger partial charge >= 0.3 is 0 Å². The number of fused-ring (bicyclic) bond motifs is 2. The first kappa shape index (κ1) is 23.2. The molecule has 2 aliphatic rings. The lowest BCUT2D eigenvalue weighted by Crippen LogP contribution is -2.31. The summed E-state index contributed by atoms with van der Waals surface area (Å²) in [6.45, 7) is 7.99. The predicted molar refractivity (Wildman–Crippen MR) is 139 cm³/mol. The first-order valence-corrected chi connectivity index (χ1v) is 12.5. The molecule has 180 valence electrons. The van der Waals surface area contributed by atoms with Crippen molar-refractivity contribution in [3.8, 4) is 17.2 Å². The quantitative estimate of drug-likeness (QED) is 0.386. The molecule has 1 amide bonds. The first-order chi connectivity index (χ1) is 17.1. The smallest absolute Gasteiger partial charge is 0.253 e. The monoisotopic (exact) mass is 468 g/mol. The van der Waals surface area contributed by atoms with Crippen LogP contribution in [-0.2, 0) is 6.54 Å². The molecule has 5 rings (SSSR count). The molecule has 1 N–H and O–H groups in total. The van der Waals surface area contributed by atoms with Crippen LogP contribution in [0, 0.1) is 0 Å². The Balaban J connectivity index is 1.46. The fourth-order valence-electron chi connectivity index (χ4n) is 5.16. The van der Waals surface area contributed by atoms with Gasteiger partial charge in [0.25, 0.3) is 5.91 Å². The maximum Gasteiger partial charge on any atom is 0.253 e. The number of likely N-dealkylation sites (tertiary alicyclic amines) is 1. The number of phenols is 1. The van der Waals surface area contributed by atoms with Crippen molar-refractivity contribution in [1.29, 1.82) is 0 Å². The minimum atomic E-state index is 0.0342. The van der Waals surface area contributed by atoms with E-state index in [2.05, 4.69) is 23.1 Å². The lowest BCUT2D eigenvalue weighted by molar-refractivity contribution is 0.0772.